The molecule has 24 heavy (non-hydrogen) atoms. The highest BCUT2D eigenvalue weighted by molar-refractivity contribution is 5.95. The summed E-state index contributed by atoms with van der Waals surface area (Å²) in [5, 5.41) is 14.0. The van der Waals surface area contributed by atoms with Gasteiger partial charge in [0.15, 0.2) is 0 Å². The van der Waals surface area contributed by atoms with E-state index in [9.17, 15) is 14.4 Å². The van der Waals surface area contributed by atoms with Crippen LogP contribution in [0, 0.1) is 0 Å². The molecule has 7 nitrogen and oxygen atoms in total. The maximum absolute atomic E-state index is 11.9. The molecule has 0 aliphatic carbocycles. The number of urea groups is 1. The van der Waals surface area contributed by atoms with Crippen molar-refractivity contribution in [1.82, 2.24) is 15.5 Å². The summed E-state index contributed by atoms with van der Waals surface area (Å²) in [7, 11) is 0. The second-order valence-electron chi connectivity index (χ2n) is 5.54. The Kier molecular flexibility index (Phi) is 8.21. The first-order chi connectivity index (χ1) is 11.1. The first kappa shape index (κ1) is 19.9. The number of imide groups is 1. The van der Waals surface area contributed by atoms with Gasteiger partial charge in [0, 0.05) is 6.54 Å². The van der Waals surface area contributed by atoms with Crippen molar-refractivity contribution in [3.05, 3.63) is 35.9 Å². The van der Waals surface area contributed by atoms with Gasteiger partial charge in [0.2, 0.25) is 5.91 Å². The van der Waals surface area contributed by atoms with E-state index in [1.165, 1.54) is 0 Å². The molecular weight excluding hydrogens is 334 g/mol. The number of hydrogen-bond acceptors (Lipinski definition) is 4. The van der Waals surface area contributed by atoms with Crippen molar-refractivity contribution in [2.45, 2.75) is 31.8 Å². The number of carboxylic acids is 1. The summed E-state index contributed by atoms with van der Waals surface area (Å²) in [6.45, 7) is 0.785. The number of benzene rings is 1. The summed E-state index contributed by atoms with van der Waals surface area (Å²) in [5.41, 5.74) is 0.928. The minimum Gasteiger partial charge on any atom is -0.480 e. The molecule has 1 saturated heterocycles. The van der Waals surface area contributed by atoms with Gasteiger partial charge in [-0.2, -0.15) is 0 Å². The Hall–Kier alpha value is -2.12. The van der Waals surface area contributed by atoms with Crippen LogP contribution in [-0.4, -0.2) is 47.0 Å². The van der Waals surface area contributed by atoms with Crippen molar-refractivity contribution >= 4 is 30.3 Å². The zero-order valence-electron chi connectivity index (χ0n) is 13.2. The fourth-order valence-corrected chi connectivity index (χ4v) is 2.63. The van der Waals surface area contributed by atoms with Gasteiger partial charge in [-0.1, -0.05) is 36.8 Å². The van der Waals surface area contributed by atoms with Gasteiger partial charge in [-0.15, -0.1) is 12.4 Å². The van der Waals surface area contributed by atoms with Crippen LogP contribution in [0.25, 0.3) is 0 Å². The van der Waals surface area contributed by atoms with Crippen LogP contribution in [-0.2, 0) is 16.1 Å². The zero-order chi connectivity index (χ0) is 16.7. The van der Waals surface area contributed by atoms with E-state index in [0.29, 0.717) is 19.5 Å². The smallest absolute Gasteiger partial charge is 0.321 e. The third-order valence-electron chi connectivity index (χ3n) is 3.79. The van der Waals surface area contributed by atoms with Crippen molar-refractivity contribution < 1.29 is 19.5 Å². The molecule has 3 N–H and O–H groups in total. The first-order valence-corrected chi connectivity index (χ1v) is 7.64. The molecule has 0 radical (unpaired) electrons. The van der Waals surface area contributed by atoms with Gasteiger partial charge in [0.1, 0.15) is 6.04 Å². The zero-order valence-corrected chi connectivity index (χ0v) is 14.1. The lowest BCUT2D eigenvalue weighted by Crippen LogP contribution is -2.50. The van der Waals surface area contributed by atoms with E-state index >= 15 is 0 Å². The summed E-state index contributed by atoms with van der Waals surface area (Å²) in [4.78, 5) is 36.4. The Morgan fingerprint density at radius 2 is 1.88 bits per heavy atom. The van der Waals surface area contributed by atoms with Crippen molar-refractivity contribution in [2.24, 2.45) is 0 Å². The van der Waals surface area contributed by atoms with Crippen LogP contribution >= 0.6 is 12.4 Å². The van der Waals surface area contributed by atoms with Crippen LogP contribution in [0.15, 0.2) is 30.3 Å². The predicted octanol–water partition coefficient (Wildman–Crippen LogP) is 1.37. The number of halogens is 1. The molecular formula is C16H22ClN3O4. The quantitative estimate of drug-likeness (QED) is 0.741. The predicted molar refractivity (Wildman–Crippen MR) is 90.9 cm³/mol. The molecule has 132 valence electrons. The van der Waals surface area contributed by atoms with Crippen LogP contribution in [0.4, 0.5) is 4.79 Å². The molecule has 8 heteroatoms. The van der Waals surface area contributed by atoms with Crippen molar-refractivity contribution in [3.8, 4) is 0 Å². The molecule has 1 unspecified atom stereocenters. The second kappa shape index (κ2) is 9.89. The molecule has 0 spiro atoms. The maximum atomic E-state index is 11.9. The highest BCUT2D eigenvalue weighted by Gasteiger charge is 2.29. The maximum Gasteiger partial charge on any atom is 0.321 e. The Morgan fingerprint density at radius 1 is 1.17 bits per heavy atom. The van der Waals surface area contributed by atoms with E-state index in [1.54, 1.807) is 4.90 Å². The van der Waals surface area contributed by atoms with Crippen LogP contribution in [0.1, 0.15) is 24.8 Å². The molecule has 0 saturated carbocycles. The average Bonchev–Trinajstić information content (AvgIpc) is 2.54. The molecule has 0 aromatic heterocycles. The number of nitrogens with one attached hydrogen (secondary N) is 2. The van der Waals surface area contributed by atoms with E-state index in [2.05, 4.69) is 10.6 Å². The molecule has 1 fully saturated rings. The topological polar surface area (TPSA) is 98.7 Å². The van der Waals surface area contributed by atoms with E-state index in [0.717, 1.165) is 18.4 Å². The minimum atomic E-state index is -0.925. The minimum absolute atomic E-state index is 0. The van der Waals surface area contributed by atoms with Crippen LogP contribution in [0.2, 0.25) is 0 Å². The fourth-order valence-electron chi connectivity index (χ4n) is 2.63. The summed E-state index contributed by atoms with van der Waals surface area (Å²) in [6, 6.07) is 8.11. The standard InChI is InChI=1S/C16H21N3O4.ClH/c20-14(11-19-9-5-4-8-13(19)15(21)22)18-16(23)17-10-12-6-2-1-3-7-12;/h1-3,6-7,13H,4-5,8-11H2,(H,21,22)(H2,17,18,20,23);1H. The number of hydrogen-bond donors (Lipinski definition) is 3. The van der Waals surface area contributed by atoms with E-state index < -0.39 is 23.9 Å². The summed E-state index contributed by atoms with van der Waals surface area (Å²) < 4.78 is 0. The van der Waals surface area contributed by atoms with Crippen LogP contribution in [0.3, 0.4) is 0 Å². The lowest BCUT2D eigenvalue weighted by molar-refractivity contribution is -0.145. The van der Waals surface area contributed by atoms with Gasteiger partial charge in [0.05, 0.1) is 6.54 Å². The first-order valence-electron chi connectivity index (χ1n) is 7.64. The molecule has 1 aliphatic rings. The number of amides is 3. The Labute approximate surface area is 146 Å². The lowest BCUT2D eigenvalue weighted by atomic mass is 10.0. The van der Waals surface area contributed by atoms with Gasteiger partial charge in [0.25, 0.3) is 0 Å². The molecule has 2 rings (SSSR count). The number of carbonyl (C=O) groups excluding carboxylic acids is 2. The van der Waals surface area contributed by atoms with Crippen molar-refractivity contribution in [2.75, 3.05) is 13.1 Å². The largest absolute Gasteiger partial charge is 0.480 e. The number of rotatable bonds is 5. The summed E-state index contributed by atoms with van der Waals surface area (Å²) in [5.74, 6) is -1.42. The van der Waals surface area contributed by atoms with Gasteiger partial charge in [-0.05, 0) is 24.9 Å². The van der Waals surface area contributed by atoms with Crippen LogP contribution < -0.4 is 10.6 Å². The summed E-state index contributed by atoms with van der Waals surface area (Å²) >= 11 is 0. The molecule has 1 aromatic rings. The van der Waals surface area contributed by atoms with Crippen LogP contribution in [0.5, 0.6) is 0 Å². The Morgan fingerprint density at radius 3 is 2.54 bits per heavy atom. The highest BCUT2D eigenvalue weighted by atomic mass is 35.5. The van der Waals surface area contributed by atoms with E-state index in [4.69, 9.17) is 5.11 Å². The molecule has 1 heterocycles. The molecule has 1 atom stereocenters. The molecule has 1 aromatic carbocycles. The summed E-state index contributed by atoms with van der Waals surface area (Å²) in [6.07, 6.45) is 2.23. The van der Waals surface area contributed by atoms with Crippen molar-refractivity contribution in [1.29, 1.82) is 0 Å². The SMILES string of the molecule is Cl.O=C(CN1CCCCC1C(=O)O)NC(=O)NCc1ccccc1. The Balaban J connectivity index is 0.00000288. The number of likely N-dealkylation sites (tertiary alicyclic amines) is 1. The number of carbonyl (C=O) groups is 3. The normalized spacial score (nSPS) is 17.4. The molecule has 1 aliphatic heterocycles. The highest BCUT2D eigenvalue weighted by Crippen LogP contribution is 2.16. The third-order valence-corrected chi connectivity index (χ3v) is 3.79. The number of piperidine rings is 1. The van der Waals surface area contributed by atoms with E-state index in [-0.39, 0.29) is 19.0 Å². The second-order valence-corrected chi connectivity index (χ2v) is 5.54. The molecule has 3 amide bonds. The lowest BCUT2D eigenvalue weighted by Gasteiger charge is -2.31. The number of aliphatic carboxylic acids is 1. The van der Waals surface area contributed by atoms with Crippen molar-refractivity contribution in [3.63, 3.8) is 0 Å². The molecule has 0 bridgehead atoms. The van der Waals surface area contributed by atoms with Gasteiger partial charge in [-0.25, -0.2) is 4.79 Å². The number of nitrogens with zero attached hydrogens (tertiary/aromatic N) is 1. The van der Waals surface area contributed by atoms with Gasteiger partial charge >= 0.3 is 12.0 Å². The monoisotopic (exact) mass is 355 g/mol. The fraction of sp³-hybridized carbons (Fsp3) is 0.438. The number of carboxylic acid groups (broad SMARTS) is 1. The Bertz CT molecular complexity index is 568. The van der Waals surface area contributed by atoms with Gasteiger partial charge < -0.3 is 10.4 Å². The average molecular weight is 356 g/mol. The van der Waals surface area contributed by atoms with Gasteiger partial charge in [-0.3, -0.25) is 19.8 Å². The third kappa shape index (κ3) is 6.17. The van der Waals surface area contributed by atoms with E-state index in [1.807, 2.05) is 30.3 Å².